The molecule has 0 radical (unpaired) electrons. The standard InChI is InChI=1S/C9H12N2S.2C2H6/c1-4-8(5-10)9-6(2)12-7(3)11-9;2*1-2/h4-5,10H,1-3H3;2*1-2H3/b8-4+,10-5?;;. The topological polar surface area (TPSA) is 36.7 Å². The first kappa shape index (κ1) is 17.4. The Balaban J connectivity index is 0. The Hall–Kier alpha value is -0.960. The number of allylic oxidation sites excluding steroid dienone is 2. The third-order valence-electron chi connectivity index (χ3n) is 1.64. The highest BCUT2D eigenvalue weighted by molar-refractivity contribution is 7.11. The van der Waals surface area contributed by atoms with Crippen LogP contribution < -0.4 is 0 Å². The maximum absolute atomic E-state index is 7.17. The van der Waals surface area contributed by atoms with Crippen LogP contribution in [0, 0.1) is 19.3 Å². The van der Waals surface area contributed by atoms with Crippen LogP contribution in [-0.2, 0) is 0 Å². The molecule has 16 heavy (non-hydrogen) atoms. The van der Waals surface area contributed by atoms with Gasteiger partial charge in [0.05, 0.1) is 10.7 Å². The molecule has 0 aliphatic carbocycles. The molecule has 0 unspecified atom stereocenters. The fourth-order valence-corrected chi connectivity index (χ4v) is 1.93. The van der Waals surface area contributed by atoms with Crippen molar-refractivity contribution in [2.24, 2.45) is 0 Å². The molecule has 1 N–H and O–H groups in total. The summed E-state index contributed by atoms with van der Waals surface area (Å²) in [7, 11) is 0. The number of aryl methyl sites for hydroxylation is 2. The van der Waals surface area contributed by atoms with Gasteiger partial charge in [0.1, 0.15) is 0 Å². The van der Waals surface area contributed by atoms with E-state index in [0.717, 1.165) is 16.3 Å². The largest absolute Gasteiger partial charge is 0.308 e. The molecule has 0 amide bonds. The third-order valence-corrected chi connectivity index (χ3v) is 2.53. The van der Waals surface area contributed by atoms with Gasteiger partial charge in [-0.05, 0) is 20.8 Å². The lowest BCUT2D eigenvalue weighted by Gasteiger charge is -1.95. The number of aromatic nitrogens is 1. The van der Waals surface area contributed by atoms with Crippen LogP contribution in [0.1, 0.15) is 50.2 Å². The summed E-state index contributed by atoms with van der Waals surface area (Å²) in [5.74, 6) is 0. The molecule has 1 aromatic rings. The van der Waals surface area contributed by atoms with Gasteiger partial charge in [0, 0.05) is 16.7 Å². The Labute approximate surface area is 104 Å². The predicted octanol–water partition coefficient (Wildman–Crippen LogP) is 4.87. The van der Waals surface area contributed by atoms with Crippen molar-refractivity contribution < 1.29 is 0 Å². The molecule has 3 heteroatoms. The van der Waals surface area contributed by atoms with Crippen LogP contribution in [0.2, 0.25) is 0 Å². The lowest BCUT2D eigenvalue weighted by atomic mass is 10.2. The Morgan fingerprint density at radius 2 is 1.69 bits per heavy atom. The average molecular weight is 240 g/mol. The first-order valence-corrected chi connectivity index (χ1v) is 6.62. The van der Waals surface area contributed by atoms with Gasteiger partial charge in [-0.1, -0.05) is 33.8 Å². The summed E-state index contributed by atoms with van der Waals surface area (Å²) in [6.07, 6.45) is 3.26. The fourth-order valence-electron chi connectivity index (χ4n) is 1.09. The van der Waals surface area contributed by atoms with Crippen molar-refractivity contribution in [3.8, 4) is 0 Å². The van der Waals surface area contributed by atoms with Gasteiger partial charge < -0.3 is 5.41 Å². The van der Waals surface area contributed by atoms with Gasteiger partial charge in [-0.3, -0.25) is 0 Å². The van der Waals surface area contributed by atoms with E-state index >= 15 is 0 Å². The van der Waals surface area contributed by atoms with E-state index in [1.165, 1.54) is 11.1 Å². The van der Waals surface area contributed by atoms with Gasteiger partial charge in [0.25, 0.3) is 0 Å². The van der Waals surface area contributed by atoms with Crippen LogP contribution in [0.5, 0.6) is 0 Å². The molecule has 0 saturated carbocycles. The van der Waals surface area contributed by atoms with E-state index in [4.69, 9.17) is 5.41 Å². The van der Waals surface area contributed by atoms with E-state index in [2.05, 4.69) is 4.98 Å². The Morgan fingerprint density at radius 3 is 1.94 bits per heavy atom. The van der Waals surface area contributed by atoms with Crippen LogP contribution in [-0.4, -0.2) is 11.2 Å². The van der Waals surface area contributed by atoms with Crippen LogP contribution in [0.3, 0.4) is 0 Å². The minimum Gasteiger partial charge on any atom is -0.308 e. The molecule has 0 bridgehead atoms. The van der Waals surface area contributed by atoms with Crippen LogP contribution >= 0.6 is 11.3 Å². The molecule has 0 atom stereocenters. The summed E-state index contributed by atoms with van der Waals surface area (Å²) < 4.78 is 0. The van der Waals surface area contributed by atoms with E-state index in [1.54, 1.807) is 11.3 Å². The van der Waals surface area contributed by atoms with Crippen molar-refractivity contribution in [2.75, 3.05) is 0 Å². The van der Waals surface area contributed by atoms with Crippen molar-refractivity contribution in [3.63, 3.8) is 0 Å². The lowest BCUT2D eigenvalue weighted by molar-refractivity contribution is 1.25. The summed E-state index contributed by atoms with van der Waals surface area (Å²) in [5.41, 5.74) is 1.85. The van der Waals surface area contributed by atoms with Gasteiger partial charge in [0.15, 0.2) is 0 Å². The molecule has 0 aromatic carbocycles. The zero-order chi connectivity index (χ0) is 13.1. The average Bonchev–Trinajstić information content (AvgIpc) is 2.66. The smallest absolute Gasteiger partial charge is 0.0904 e. The van der Waals surface area contributed by atoms with Gasteiger partial charge in [-0.25, -0.2) is 4.98 Å². The van der Waals surface area contributed by atoms with Gasteiger partial charge in [-0.15, -0.1) is 11.3 Å². The number of nitrogens with zero attached hydrogens (tertiary/aromatic N) is 1. The van der Waals surface area contributed by atoms with Gasteiger partial charge in [-0.2, -0.15) is 0 Å². The van der Waals surface area contributed by atoms with E-state index in [0.29, 0.717) is 0 Å². The highest BCUT2D eigenvalue weighted by Crippen LogP contribution is 2.22. The van der Waals surface area contributed by atoms with Gasteiger partial charge >= 0.3 is 0 Å². The SMILES string of the molecule is C/C=C(\C=N)c1nc(C)sc1C.CC.CC. The van der Waals surface area contributed by atoms with Crippen molar-refractivity contribution in [1.29, 1.82) is 5.41 Å². The molecule has 0 aliphatic rings. The number of thiazole rings is 1. The molecule has 1 aromatic heterocycles. The second-order valence-corrected chi connectivity index (χ2v) is 3.93. The lowest BCUT2D eigenvalue weighted by Crippen LogP contribution is -1.87. The summed E-state index contributed by atoms with van der Waals surface area (Å²) in [4.78, 5) is 5.54. The Bertz CT molecular complexity index is 325. The van der Waals surface area contributed by atoms with E-state index in [1.807, 2.05) is 54.5 Å². The Morgan fingerprint density at radius 1 is 1.19 bits per heavy atom. The van der Waals surface area contributed by atoms with Crippen molar-refractivity contribution in [3.05, 3.63) is 21.7 Å². The van der Waals surface area contributed by atoms with Crippen molar-refractivity contribution in [1.82, 2.24) is 4.98 Å². The number of hydrogen-bond donors (Lipinski definition) is 1. The number of rotatable bonds is 2. The van der Waals surface area contributed by atoms with E-state index < -0.39 is 0 Å². The summed E-state index contributed by atoms with van der Waals surface area (Å²) in [6, 6.07) is 0. The maximum Gasteiger partial charge on any atom is 0.0904 e. The first-order chi connectivity index (χ1) is 7.69. The molecular weight excluding hydrogens is 216 g/mol. The quantitative estimate of drug-likeness (QED) is 0.736. The fraction of sp³-hybridized carbons (Fsp3) is 0.538. The van der Waals surface area contributed by atoms with Gasteiger partial charge in [0.2, 0.25) is 0 Å². The molecule has 0 fully saturated rings. The van der Waals surface area contributed by atoms with Crippen LogP contribution in [0.15, 0.2) is 6.08 Å². The molecule has 2 nitrogen and oxygen atoms in total. The third kappa shape index (κ3) is 5.21. The monoisotopic (exact) mass is 240 g/mol. The van der Waals surface area contributed by atoms with Crippen molar-refractivity contribution in [2.45, 2.75) is 48.5 Å². The molecule has 92 valence electrons. The van der Waals surface area contributed by atoms with Crippen LogP contribution in [0.25, 0.3) is 5.57 Å². The Kier molecular flexibility index (Phi) is 11.5. The second-order valence-electron chi connectivity index (χ2n) is 2.53. The van der Waals surface area contributed by atoms with Crippen molar-refractivity contribution >= 4 is 23.1 Å². The molecular formula is C13H24N2S. The zero-order valence-electron chi connectivity index (χ0n) is 11.5. The zero-order valence-corrected chi connectivity index (χ0v) is 12.3. The maximum atomic E-state index is 7.17. The minimum atomic E-state index is 0.900. The molecule has 0 spiro atoms. The highest BCUT2D eigenvalue weighted by Gasteiger charge is 2.06. The molecule has 1 heterocycles. The minimum absolute atomic E-state index is 0.900. The van der Waals surface area contributed by atoms with E-state index in [9.17, 15) is 0 Å². The number of nitrogens with one attached hydrogen (secondary N) is 1. The first-order valence-electron chi connectivity index (χ1n) is 5.80. The molecule has 1 rings (SSSR count). The molecule has 0 aliphatic heterocycles. The van der Waals surface area contributed by atoms with Crippen LogP contribution in [0.4, 0.5) is 0 Å². The molecule has 0 saturated heterocycles. The highest BCUT2D eigenvalue weighted by atomic mass is 32.1. The summed E-state index contributed by atoms with van der Waals surface area (Å²) in [6.45, 7) is 13.9. The predicted molar refractivity (Wildman–Crippen MR) is 76.7 cm³/mol. The second kappa shape index (κ2) is 10.6. The summed E-state index contributed by atoms with van der Waals surface area (Å²) in [5, 5.41) is 8.23. The number of hydrogen-bond acceptors (Lipinski definition) is 3. The summed E-state index contributed by atoms with van der Waals surface area (Å²) >= 11 is 1.67. The normalized spacial score (nSPS) is 9.56. The van der Waals surface area contributed by atoms with E-state index in [-0.39, 0.29) is 0 Å².